The van der Waals surface area contributed by atoms with Crippen molar-refractivity contribution in [3.05, 3.63) is 12.4 Å². The fraction of sp³-hybridized carbons (Fsp3) is 0.692. The standard InChI is InChI=1S/C13H24N4O/c1-10(2)18-13-6-12(15-9-16-13)17(5)8-11(3)7-14-4/h6,9-11,14H,7-8H2,1-5H3. The Morgan fingerprint density at radius 3 is 2.67 bits per heavy atom. The highest BCUT2D eigenvalue weighted by atomic mass is 16.5. The van der Waals surface area contributed by atoms with Crippen molar-refractivity contribution in [3.8, 4) is 5.88 Å². The first-order valence-electron chi connectivity index (χ1n) is 6.37. The molecule has 0 saturated carbocycles. The number of aromatic nitrogens is 2. The van der Waals surface area contributed by atoms with Gasteiger partial charge in [0.05, 0.1) is 6.10 Å². The van der Waals surface area contributed by atoms with Crippen molar-refractivity contribution < 1.29 is 4.74 Å². The summed E-state index contributed by atoms with van der Waals surface area (Å²) in [5.74, 6) is 2.08. The molecule has 0 aliphatic rings. The molecule has 0 spiro atoms. The molecule has 0 radical (unpaired) electrons. The van der Waals surface area contributed by atoms with Crippen molar-refractivity contribution in [3.63, 3.8) is 0 Å². The Morgan fingerprint density at radius 1 is 1.33 bits per heavy atom. The summed E-state index contributed by atoms with van der Waals surface area (Å²) in [5, 5.41) is 3.18. The number of anilines is 1. The zero-order chi connectivity index (χ0) is 13.5. The van der Waals surface area contributed by atoms with Crippen LogP contribution in [0.1, 0.15) is 20.8 Å². The van der Waals surface area contributed by atoms with Crippen LogP contribution in [-0.2, 0) is 0 Å². The van der Waals surface area contributed by atoms with Crippen molar-refractivity contribution in [2.24, 2.45) is 5.92 Å². The molecule has 0 amide bonds. The van der Waals surface area contributed by atoms with Crippen LogP contribution in [0.3, 0.4) is 0 Å². The molecular formula is C13H24N4O. The lowest BCUT2D eigenvalue weighted by molar-refractivity contribution is 0.232. The Bertz CT molecular complexity index is 357. The largest absolute Gasteiger partial charge is 0.475 e. The third-order valence-electron chi connectivity index (χ3n) is 2.51. The first kappa shape index (κ1) is 14.7. The minimum atomic E-state index is 0.126. The Morgan fingerprint density at radius 2 is 2.06 bits per heavy atom. The molecule has 102 valence electrons. The topological polar surface area (TPSA) is 50.3 Å². The van der Waals surface area contributed by atoms with E-state index >= 15 is 0 Å². The summed E-state index contributed by atoms with van der Waals surface area (Å²) in [5.41, 5.74) is 0. The van der Waals surface area contributed by atoms with E-state index < -0.39 is 0 Å². The highest BCUT2D eigenvalue weighted by Crippen LogP contribution is 2.16. The number of ether oxygens (including phenoxy) is 1. The van der Waals surface area contributed by atoms with E-state index in [1.807, 2.05) is 34.0 Å². The van der Waals surface area contributed by atoms with E-state index in [-0.39, 0.29) is 6.10 Å². The number of nitrogens with zero attached hydrogens (tertiary/aromatic N) is 3. The molecule has 1 atom stereocenters. The molecule has 5 heteroatoms. The molecule has 0 saturated heterocycles. The maximum atomic E-state index is 5.57. The lowest BCUT2D eigenvalue weighted by Gasteiger charge is -2.22. The fourth-order valence-corrected chi connectivity index (χ4v) is 1.82. The lowest BCUT2D eigenvalue weighted by atomic mass is 10.1. The van der Waals surface area contributed by atoms with Gasteiger partial charge < -0.3 is 15.0 Å². The van der Waals surface area contributed by atoms with Gasteiger partial charge in [-0.05, 0) is 33.4 Å². The summed E-state index contributed by atoms with van der Waals surface area (Å²) in [7, 11) is 4.00. The molecule has 0 aromatic carbocycles. The summed E-state index contributed by atoms with van der Waals surface area (Å²) < 4.78 is 5.57. The van der Waals surface area contributed by atoms with Gasteiger partial charge in [0.2, 0.25) is 5.88 Å². The van der Waals surface area contributed by atoms with E-state index in [0.717, 1.165) is 18.9 Å². The average molecular weight is 252 g/mol. The zero-order valence-corrected chi connectivity index (χ0v) is 12.0. The van der Waals surface area contributed by atoms with Gasteiger partial charge in [-0.3, -0.25) is 0 Å². The van der Waals surface area contributed by atoms with Crippen molar-refractivity contribution in [2.45, 2.75) is 26.9 Å². The van der Waals surface area contributed by atoms with E-state index in [9.17, 15) is 0 Å². The van der Waals surface area contributed by atoms with Crippen molar-refractivity contribution >= 4 is 5.82 Å². The maximum absolute atomic E-state index is 5.57. The summed E-state index contributed by atoms with van der Waals surface area (Å²) in [6, 6.07) is 1.88. The van der Waals surface area contributed by atoms with Crippen molar-refractivity contribution in [1.29, 1.82) is 0 Å². The van der Waals surface area contributed by atoms with Crippen LogP contribution in [0.4, 0.5) is 5.82 Å². The summed E-state index contributed by atoms with van der Waals surface area (Å²) in [6.07, 6.45) is 1.67. The number of hydrogen-bond acceptors (Lipinski definition) is 5. The Balaban J connectivity index is 2.64. The minimum Gasteiger partial charge on any atom is -0.475 e. The van der Waals surface area contributed by atoms with E-state index in [0.29, 0.717) is 11.8 Å². The van der Waals surface area contributed by atoms with E-state index in [4.69, 9.17) is 4.74 Å². The van der Waals surface area contributed by atoms with Crippen LogP contribution in [-0.4, -0.2) is 43.3 Å². The summed E-state index contributed by atoms with van der Waals surface area (Å²) in [4.78, 5) is 10.5. The zero-order valence-electron chi connectivity index (χ0n) is 12.0. The first-order valence-corrected chi connectivity index (χ1v) is 6.37. The van der Waals surface area contributed by atoms with Crippen LogP contribution in [0.15, 0.2) is 12.4 Å². The molecule has 1 aromatic heterocycles. The van der Waals surface area contributed by atoms with Gasteiger partial charge in [-0.25, -0.2) is 9.97 Å². The van der Waals surface area contributed by atoms with Crippen molar-refractivity contribution in [1.82, 2.24) is 15.3 Å². The molecular weight excluding hydrogens is 228 g/mol. The van der Waals surface area contributed by atoms with Gasteiger partial charge in [-0.15, -0.1) is 0 Å². The normalized spacial score (nSPS) is 12.6. The second kappa shape index (κ2) is 7.16. The quantitative estimate of drug-likeness (QED) is 0.798. The van der Waals surface area contributed by atoms with Gasteiger partial charge in [-0.1, -0.05) is 6.92 Å². The van der Waals surface area contributed by atoms with Crippen LogP contribution in [0.5, 0.6) is 5.88 Å². The Labute approximate surface area is 110 Å². The Hall–Kier alpha value is -1.36. The first-order chi connectivity index (χ1) is 8.52. The SMILES string of the molecule is CNCC(C)CN(C)c1cc(OC(C)C)ncn1. The number of hydrogen-bond donors (Lipinski definition) is 1. The molecule has 0 aliphatic carbocycles. The smallest absolute Gasteiger partial charge is 0.218 e. The molecule has 18 heavy (non-hydrogen) atoms. The minimum absolute atomic E-state index is 0.126. The van der Waals surface area contributed by atoms with Gasteiger partial charge in [0.25, 0.3) is 0 Å². The molecule has 5 nitrogen and oxygen atoms in total. The summed E-state index contributed by atoms with van der Waals surface area (Å²) in [6.45, 7) is 8.12. The Kier molecular flexibility index (Phi) is 5.85. The van der Waals surface area contributed by atoms with Crippen LogP contribution in [0, 0.1) is 5.92 Å². The van der Waals surface area contributed by atoms with Gasteiger partial charge in [-0.2, -0.15) is 0 Å². The van der Waals surface area contributed by atoms with Gasteiger partial charge >= 0.3 is 0 Å². The number of rotatable bonds is 7. The second-order valence-corrected chi connectivity index (χ2v) is 4.92. The van der Waals surface area contributed by atoms with Crippen LogP contribution in [0.2, 0.25) is 0 Å². The van der Waals surface area contributed by atoms with E-state index in [2.05, 4.69) is 27.1 Å². The van der Waals surface area contributed by atoms with Gasteiger partial charge in [0.1, 0.15) is 12.1 Å². The molecule has 1 heterocycles. The average Bonchev–Trinajstić information content (AvgIpc) is 2.28. The van der Waals surface area contributed by atoms with Crippen LogP contribution in [0.25, 0.3) is 0 Å². The van der Waals surface area contributed by atoms with E-state index in [1.165, 1.54) is 0 Å². The third-order valence-corrected chi connectivity index (χ3v) is 2.51. The van der Waals surface area contributed by atoms with Crippen LogP contribution < -0.4 is 15.0 Å². The molecule has 0 bridgehead atoms. The molecule has 1 aromatic rings. The lowest BCUT2D eigenvalue weighted by Crippen LogP contribution is -2.30. The number of nitrogens with one attached hydrogen (secondary N) is 1. The fourth-order valence-electron chi connectivity index (χ4n) is 1.82. The monoisotopic (exact) mass is 252 g/mol. The maximum Gasteiger partial charge on any atom is 0.218 e. The van der Waals surface area contributed by atoms with Crippen molar-refractivity contribution in [2.75, 3.05) is 32.1 Å². The predicted molar refractivity (Wildman–Crippen MR) is 74.2 cm³/mol. The second-order valence-electron chi connectivity index (χ2n) is 4.92. The molecule has 1 N–H and O–H groups in total. The van der Waals surface area contributed by atoms with Gasteiger partial charge in [0, 0.05) is 19.7 Å². The van der Waals surface area contributed by atoms with E-state index in [1.54, 1.807) is 6.33 Å². The van der Waals surface area contributed by atoms with Crippen LogP contribution >= 0.6 is 0 Å². The molecule has 1 unspecified atom stereocenters. The molecule has 1 rings (SSSR count). The third kappa shape index (κ3) is 4.87. The molecule has 0 fully saturated rings. The predicted octanol–water partition coefficient (Wildman–Crippen LogP) is 1.56. The highest BCUT2D eigenvalue weighted by molar-refractivity contribution is 5.39. The highest BCUT2D eigenvalue weighted by Gasteiger charge is 2.09. The molecule has 0 aliphatic heterocycles. The van der Waals surface area contributed by atoms with Gasteiger partial charge in [0.15, 0.2) is 0 Å². The summed E-state index contributed by atoms with van der Waals surface area (Å²) >= 11 is 0.